The van der Waals surface area contributed by atoms with Crippen molar-refractivity contribution in [3.8, 4) is 5.75 Å². The zero-order chi connectivity index (χ0) is 22.1. The fourth-order valence-electron chi connectivity index (χ4n) is 3.84. The maximum absolute atomic E-state index is 14.0. The number of benzene rings is 1. The Labute approximate surface area is 189 Å². The van der Waals surface area contributed by atoms with Gasteiger partial charge in [0, 0.05) is 48.5 Å². The van der Waals surface area contributed by atoms with Crippen molar-refractivity contribution in [2.75, 3.05) is 31.9 Å². The molecule has 0 amide bonds. The molecule has 0 radical (unpaired) electrons. The maximum Gasteiger partial charge on any atom is 0.205 e. The molecule has 4 N–H and O–H groups in total. The molecule has 31 heavy (non-hydrogen) atoms. The van der Waals surface area contributed by atoms with E-state index >= 15 is 0 Å². The van der Waals surface area contributed by atoms with Crippen LogP contribution in [0, 0.1) is 5.82 Å². The molecule has 164 valence electrons. The molecule has 1 aliphatic heterocycles. The molecule has 3 heterocycles. The van der Waals surface area contributed by atoms with Crippen LogP contribution in [0.1, 0.15) is 30.6 Å². The summed E-state index contributed by atoms with van der Waals surface area (Å²) in [6.45, 7) is 4.98. The van der Waals surface area contributed by atoms with E-state index < -0.39 is 11.9 Å². The van der Waals surface area contributed by atoms with Crippen molar-refractivity contribution in [2.24, 2.45) is 5.73 Å². The molecular weight excluding hydrogens is 442 g/mol. The van der Waals surface area contributed by atoms with Gasteiger partial charge < -0.3 is 20.6 Å². The van der Waals surface area contributed by atoms with Gasteiger partial charge in [0.2, 0.25) is 5.75 Å². The van der Waals surface area contributed by atoms with Gasteiger partial charge in [-0.1, -0.05) is 29.3 Å². The molecule has 1 atom stereocenters. The first-order valence-corrected chi connectivity index (χ1v) is 10.7. The molecule has 0 saturated heterocycles. The third kappa shape index (κ3) is 4.23. The van der Waals surface area contributed by atoms with Crippen molar-refractivity contribution in [1.29, 1.82) is 0 Å². The van der Waals surface area contributed by atoms with Gasteiger partial charge in [-0.25, -0.2) is 9.37 Å². The number of halogens is 3. The summed E-state index contributed by atoms with van der Waals surface area (Å²) in [5, 5.41) is 1.01. The number of ether oxygens (including phenoxy) is 1. The number of aromatic nitrogens is 1. The van der Waals surface area contributed by atoms with Crippen molar-refractivity contribution < 1.29 is 13.5 Å². The summed E-state index contributed by atoms with van der Waals surface area (Å²) in [5.41, 5.74) is 14.7. The predicted octanol–water partition coefficient (Wildman–Crippen LogP) is 5.04. The maximum atomic E-state index is 14.0. The van der Waals surface area contributed by atoms with E-state index in [2.05, 4.69) is 16.0 Å². The second-order valence-corrected chi connectivity index (χ2v) is 8.24. The van der Waals surface area contributed by atoms with Crippen LogP contribution in [0.25, 0.3) is 16.5 Å². The molecule has 6 nitrogen and oxygen atoms in total. The average Bonchev–Trinajstić information content (AvgIpc) is 3.18. The third-order valence-corrected chi connectivity index (χ3v) is 6.18. The Hall–Kier alpha value is -2.32. The number of hydrogen-bond acceptors (Lipinski definition) is 6. The first-order valence-electron chi connectivity index (χ1n) is 9.98. The molecule has 4 rings (SSSR count). The highest BCUT2D eigenvalue weighted by Gasteiger charge is 2.24. The quantitative estimate of drug-likeness (QED) is 0.496. The Bertz CT molecular complexity index is 1150. The largest absolute Gasteiger partial charge is 0.478 e. The van der Waals surface area contributed by atoms with Crippen LogP contribution in [0.15, 0.2) is 35.1 Å². The molecule has 0 unspecified atom stereocenters. The number of nitrogen functional groups attached to an aromatic ring is 1. The van der Waals surface area contributed by atoms with Crippen LogP contribution in [0.4, 0.5) is 10.2 Å². The number of anilines is 1. The molecule has 0 fully saturated rings. The lowest BCUT2D eigenvalue weighted by atomic mass is 9.99. The Morgan fingerprint density at radius 3 is 2.87 bits per heavy atom. The Kier molecular flexibility index (Phi) is 6.39. The van der Waals surface area contributed by atoms with Gasteiger partial charge in [0.15, 0.2) is 11.4 Å². The van der Waals surface area contributed by atoms with Gasteiger partial charge in [0.1, 0.15) is 11.9 Å². The molecule has 0 aliphatic carbocycles. The first-order chi connectivity index (χ1) is 14.9. The lowest BCUT2D eigenvalue weighted by Crippen LogP contribution is -2.33. The van der Waals surface area contributed by atoms with E-state index in [1.54, 1.807) is 19.4 Å². The van der Waals surface area contributed by atoms with E-state index in [0.717, 1.165) is 37.0 Å². The van der Waals surface area contributed by atoms with Crippen LogP contribution in [0.3, 0.4) is 0 Å². The van der Waals surface area contributed by atoms with Crippen LogP contribution < -0.4 is 16.2 Å². The fourth-order valence-corrected chi connectivity index (χ4v) is 4.51. The van der Waals surface area contributed by atoms with Gasteiger partial charge in [-0.15, -0.1) is 0 Å². The molecule has 1 aliphatic rings. The summed E-state index contributed by atoms with van der Waals surface area (Å²) in [7, 11) is 0. The topological polar surface area (TPSA) is 90.5 Å². The van der Waals surface area contributed by atoms with Gasteiger partial charge in [0.25, 0.3) is 0 Å². The van der Waals surface area contributed by atoms with Crippen LogP contribution in [-0.4, -0.2) is 36.1 Å². The molecule has 0 spiro atoms. The minimum atomic E-state index is -0.683. The van der Waals surface area contributed by atoms with E-state index in [0.29, 0.717) is 22.7 Å². The highest BCUT2D eigenvalue weighted by atomic mass is 35.5. The minimum absolute atomic E-state index is 0.0896. The SMILES string of the molecule is C[C@@H](Oc1c(N)ncc2c(C3=CCN(CCN)CC3)coc12)c1c(Cl)ccc(F)c1Cl. The molecular formula is C22H23Cl2FN4O2. The summed E-state index contributed by atoms with van der Waals surface area (Å²) < 4.78 is 25.9. The molecule has 9 heteroatoms. The van der Waals surface area contributed by atoms with Gasteiger partial charge in [-0.2, -0.15) is 0 Å². The van der Waals surface area contributed by atoms with Gasteiger partial charge in [-0.3, -0.25) is 4.90 Å². The fraction of sp³-hybridized carbons (Fsp3) is 0.318. The number of nitrogens with zero attached hydrogens (tertiary/aromatic N) is 2. The Morgan fingerprint density at radius 1 is 1.35 bits per heavy atom. The van der Waals surface area contributed by atoms with Crippen molar-refractivity contribution in [2.45, 2.75) is 19.4 Å². The van der Waals surface area contributed by atoms with Crippen LogP contribution >= 0.6 is 23.2 Å². The molecule has 0 saturated carbocycles. The van der Waals surface area contributed by atoms with Gasteiger partial charge in [0.05, 0.1) is 16.7 Å². The Balaban J connectivity index is 1.67. The summed E-state index contributed by atoms with van der Waals surface area (Å²) in [6, 6.07) is 2.65. The van der Waals surface area contributed by atoms with Crippen molar-refractivity contribution in [3.63, 3.8) is 0 Å². The molecule has 1 aromatic carbocycles. The average molecular weight is 465 g/mol. The van der Waals surface area contributed by atoms with Crippen LogP contribution in [0.5, 0.6) is 5.75 Å². The van der Waals surface area contributed by atoms with E-state index in [1.807, 2.05) is 0 Å². The lowest BCUT2D eigenvalue weighted by Gasteiger charge is -2.25. The van der Waals surface area contributed by atoms with E-state index in [-0.39, 0.29) is 16.6 Å². The smallest absolute Gasteiger partial charge is 0.205 e. The van der Waals surface area contributed by atoms with Gasteiger partial charge in [-0.05, 0) is 31.1 Å². The van der Waals surface area contributed by atoms with Crippen LogP contribution in [0.2, 0.25) is 10.0 Å². The Morgan fingerprint density at radius 2 is 2.16 bits per heavy atom. The molecule has 2 aromatic heterocycles. The summed E-state index contributed by atoms with van der Waals surface area (Å²) >= 11 is 12.4. The van der Waals surface area contributed by atoms with E-state index in [9.17, 15) is 4.39 Å². The summed E-state index contributed by atoms with van der Waals surface area (Å²) in [5.74, 6) is -0.140. The highest BCUT2D eigenvalue weighted by Crippen LogP contribution is 2.41. The second kappa shape index (κ2) is 9.04. The van der Waals surface area contributed by atoms with Crippen molar-refractivity contribution in [3.05, 3.63) is 57.7 Å². The lowest BCUT2D eigenvalue weighted by molar-refractivity contribution is 0.227. The van der Waals surface area contributed by atoms with E-state index in [1.165, 1.54) is 17.7 Å². The monoisotopic (exact) mass is 464 g/mol. The minimum Gasteiger partial charge on any atom is -0.478 e. The van der Waals surface area contributed by atoms with Crippen molar-refractivity contribution >= 4 is 45.6 Å². The number of rotatable bonds is 6. The standard InChI is InChI=1S/C22H23Cl2FN4O2/c1-12(18-16(23)2-3-17(25)19(18)24)31-21-20-14(10-28-22(21)27)15(11-30-20)13-4-7-29(8-5-13)9-6-26/h2-4,10-12H,5-9,26H2,1H3,(H2,27,28)/t12-/m1/s1. The number of nitrogens with two attached hydrogens (primary N) is 2. The first kappa shape index (κ1) is 21.9. The zero-order valence-corrected chi connectivity index (χ0v) is 18.5. The number of furan rings is 1. The highest BCUT2D eigenvalue weighted by molar-refractivity contribution is 6.36. The number of pyridine rings is 1. The van der Waals surface area contributed by atoms with E-state index in [4.69, 9.17) is 43.8 Å². The zero-order valence-electron chi connectivity index (χ0n) is 17.0. The van der Waals surface area contributed by atoms with Gasteiger partial charge >= 0.3 is 0 Å². The molecule has 0 bridgehead atoms. The van der Waals surface area contributed by atoms with Crippen molar-refractivity contribution in [1.82, 2.24) is 9.88 Å². The normalized spacial score (nSPS) is 15.8. The summed E-state index contributed by atoms with van der Waals surface area (Å²) in [6.07, 6.45) is 5.74. The summed E-state index contributed by atoms with van der Waals surface area (Å²) in [4.78, 5) is 6.58. The number of hydrogen-bond donors (Lipinski definition) is 2. The number of fused-ring (bicyclic) bond motifs is 1. The van der Waals surface area contributed by atoms with Crippen LogP contribution in [-0.2, 0) is 0 Å². The molecule has 3 aromatic rings. The third-order valence-electron chi connectivity index (χ3n) is 5.47. The second-order valence-electron chi connectivity index (χ2n) is 7.45. The predicted molar refractivity (Wildman–Crippen MR) is 122 cm³/mol.